The van der Waals surface area contributed by atoms with Crippen LogP contribution in [0.3, 0.4) is 0 Å². The van der Waals surface area contributed by atoms with Crippen LogP contribution in [0.1, 0.15) is 32.1 Å². The van der Waals surface area contributed by atoms with Crippen LogP contribution in [-0.4, -0.2) is 88.5 Å². The summed E-state index contributed by atoms with van der Waals surface area (Å²) in [5.41, 5.74) is 8.91. The molecule has 42 heavy (non-hydrogen) atoms. The monoisotopic (exact) mass is 593 g/mol. The van der Waals surface area contributed by atoms with Gasteiger partial charge >= 0.3 is 6.01 Å². The molecule has 4 atom stereocenters. The number of nitrogens with zero attached hydrogens (tertiary/aromatic N) is 6. The summed E-state index contributed by atoms with van der Waals surface area (Å²) in [6, 6.07) is 5.96. The fraction of sp³-hybridized carbons (Fsp3) is 0.517. The third-order valence-electron chi connectivity index (χ3n) is 9.53. The molecule has 1 aromatic carbocycles. The van der Waals surface area contributed by atoms with Crippen LogP contribution < -0.4 is 26.0 Å². The molecule has 0 spiro atoms. The van der Waals surface area contributed by atoms with Gasteiger partial charge in [0.25, 0.3) is 0 Å². The second-order valence-electron chi connectivity index (χ2n) is 12.0. The predicted octanol–water partition coefficient (Wildman–Crippen LogP) is 3.96. The Morgan fingerprint density at radius 2 is 1.98 bits per heavy atom. The van der Waals surface area contributed by atoms with Crippen LogP contribution >= 0.6 is 11.3 Å². The molecule has 4 aliphatic rings. The Hall–Kier alpha value is -3.42. The van der Waals surface area contributed by atoms with Gasteiger partial charge in [0.1, 0.15) is 29.9 Å². The first-order valence-corrected chi connectivity index (χ1v) is 15.5. The Kier molecular flexibility index (Phi) is 6.13. The van der Waals surface area contributed by atoms with Crippen molar-refractivity contribution in [3.63, 3.8) is 0 Å². The second kappa shape index (κ2) is 9.81. The molecule has 4 saturated heterocycles. The molecular weight excluding hydrogens is 560 g/mol. The highest BCUT2D eigenvalue weighted by Crippen LogP contribution is 2.43. The van der Waals surface area contributed by atoms with Crippen molar-refractivity contribution in [1.29, 1.82) is 0 Å². The van der Waals surface area contributed by atoms with Crippen molar-refractivity contribution in [2.24, 2.45) is 0 Å². The van der Waals surface area contributed by atoms with E-state index in [1.807, 2.05) is 13.1 Å². The summed E-state index contributed by atoms with van der Waals surface area (Å²) in [5, 5.41) is 7.07. The lowest BCUT2D eigenvalue weighted by Gasteiger charge is -2.36. The molecule has 2 unspecified atom stereocenters. The van der Waals surface area contributed by atoms with Crippen LogP contribution in [0.25, 0.3) is 32.4 Å². The van der Waals surface area contributed by atoms with Gasteiger partial charge in [-0.2, -0.15) is 9.97 Å². The zero-order valence-corrected chi connectivity index (χ0v) is 24.2. The molecule has 4 fully saturated rings. The first kappa shape index (κ1) is 26.2. The standard InChI is InChI=1S/C29H33F2N9OS/c1-33-25-19(18-5-6-20(31)24-22(18)37-27(32)42-24)9-21-23(36-25)26(40-16-3-4-17(40)12-34-11-16)38-28(35-21)41-14-29-7-2-8-39(29)13-15(30)10-29/h5-6,9,15-17,34H,2-4,7-8,10-14H2,1H3,(H2,32,37)(H,33,36)/t15-,16?,17?,29+/m1/s1. The highest BCUT2D eigenvalue weighted by molar-refractivity contribution is 7.22. The Balaban J connectivity index is 1.27. The first-order chi connectivity index (χ1) is 20.4. The van der Waals surface area contributed by atoms with Gasteiger partial charge in [0.15, 0.2) is 10.9 Å². The van der Waals surface area contributed by atoms with E-state index in [1.165, 1.54) is 6.07 Å². The van der Waals surface area contributed by atoms with Gasteiger partial charge < -0.3 is 26.0 Å². The van der Waals surface area contributed by atoms with Gasteiger partial charge in [-0.25, -0.2) is 18.7 Å². The zero-order valence-electron chi connectivity index (χ0n) is 23.4. The van der Waals surface area contributed by atoms with Gasteiger partial charge in [0.05, 0.1) is 21.3 Å². The number of anilines is 3. The summed E-state index contributed by atoms with van der Waals surface area (Å²) in [5.74, 6) is 1.01. The van der Waals surface area contributed by atoms with Crippen LogP contribution in [0.15, 0.2) is 18.2 Å². The van der Waals surface area contributed by atoms with E-state index in [4.69, 9.17) is 25.4 Å². The van der Waals surface area contributed by atoms with E-state index in [0.29, 0.717) is 69.4 Å². The molecule has 4 aromatic rings. The van der Waals surface area contributed by atoms with E-state index in [-0.39, 0.29) is 17.4 Å². The number of fused-ring (bicyclic) bond motifs is 5. The number of nitrogens with two attached hydrogens (primary N) is 1. The lowest BCUT2D eigenvalue weighted by atomic mass is 9.95. The molecule has 10 nitrogen and oxygen atoms in total. The molecule has 0 saturated carbocycles. The van der Waals surface area contributed by atoms with Crippen LogP contribution in [0.5, 0.6) is 6.01 Å². The normalized spacial score (nSPS) is 27.3. The zero-order chi connectivity index (χ0) is 28.6. The van der Waals surface area contributed by atoms with Gasteiger partial charge in [-0.15, -0.1) is 0 Å². The van der Waals surface area contributed by atoms with E-state index < -0.39 is 6.17 Å². The molecule has 8 rings (SSSR count). The van der Waals surface area contributed by atoms with Gasteiger partial charge in [-0.05, 0) is 50.4 Å². The number of ether oxygens (including phenoxy) is 1. The van der Waals surface area contributed by atoms with Crippen molar-refractivity contribution < 1.29 is 13.5 Å². The molecule has 220 valence electrons. The Morgan fingerprint density at radius 1 is 1.14 bits per heavy atom. The van der Waals surface area contributed by atoms with E-state index in [9.17, 15) is 8.78 Å². The lowest BCUT2D eigenvalue weighted by molar-refractivity contribution is 0.107. The number of halogens is 2. The molecular formula is C29H33F2N9OS. The summed E-state index contributed by atoms with van der Waals surface area (Å²) in [6.45, 7) is 3.46. The summed E-state index contributed by atoms with van der Waals surface area (Å²) < 4.78 is 35.9. The van der Waals surface area contributed by atoms with E-state index >= 15 is 0 Å². The SMILES string of the molecule is CNc1nc2c(N3C4CCC3CNC4)nc(OC[C@@]34CCCN3C[C@H](F)C4)nc2cc1-c1ccc(F)c2sc(N)nc12. The number of benzene rings is 1. The third kappa shape index (κ3) is 4.08. The number of hydrogen-bond acceptors (Lipinski definition) is 11. The minimum atomic E-state index is -0.836. The molecule has 0 amide bonds. The van der Waals surface area contributed by atoms with Gasteiger partial charge in [0.2, 0.25) is 0 Å². The number of rotatable bonds is 6. The van der Waals surface area contributed by atoms with Crippen molar-refractivity contribution >= 4 is 49.4 Å². The minimum Gasteiger partial charge on any atom is -0.461 e. The fourth-order valence-electron chi connectivity index (χ4n) is 7.65. The Bertz CT molecular complexity index is 1690. The number of nitrogen functional groups attached to an aromatic ring is 1. The quantitative estimate of drug-likeness (QED) is 0.303. The molecule has 0 radical (unpaired) electrons. The highest BCUT2D eigenvalue weighted by Gasteiger charge is 2.49. The van der Waals surface area contributed by atoms with Crippen molar-refractivity contribution in [2.45, 2.75) is 55.9 Å². The van der Waals surface area contributed by atoms with Crippen molar-refractivity contribution in [2.75, 3.05) is 55.8 Å². The molecule has 13 heteroatoms. The number of nitrogens with one attached hydrogen (secondary N) is 2. The first-order valence-electron chi connectivity index (χ1n) is 14.7. The maximum absolute atomic E-state index is 14.7. The van der Waals surface area contributed by atoms with Gasteiger partial charge in [0, 0.05) is 56.3 Å². The largest absolute Gasteiger partial charge is 0.461 e. The smallest absolute Gasteiger partial charge is 0.319 e. The highest BCUT2D eigenvalue weighted by atomic mass is 32.1. The third-order valence-corrected chi connectivity index (χ3v) is 10.4. The Morgan fingerprint density at radius 3 is 2.79 bits per heavy atom. The number of alkyl halides is 1. The van der Waals surface area contributed by atoms with E-state index in [2.05, 4.69) is 25.4 Å². The number of pyridine rings is 1. The molecule has 3 aromatic heterocycles. The molecule has 2 bridgehead atoms. The van der Waals surface area contributed by atoms with E-state index in [0.717, 1.165) is 68.0 Å². The topological polar surface area (TPSA) is 117 Å². The van der Waals surface area contributed by atoms with Crippen molar-refractivity contribution in [3.05, 3.63) is 24.0 Å². The molecule has 4 N–H and O–H groups in total. The number of aromatic nitrogens is 4. The van der Waals surface area contributed by atoms with E-state index in [1.54, 1.807) is 6.07 Å². The van der Waals surface area contributed by atoms with Crippen LogP contribution in [0.4, 0.5) is 25.5 Å². The van der Waals surface area contributed by atoms with Crippen LogP contribution in [0, 0.1) is 5.82 Å². The summed E-state index contributed by atoms with van der Waals surface area (Å²) >= 11 is 1.12. The lowest BCUT2D eigenvalue weighted by Crippen LogP contribution is -2.52. The summed E-state index contributed by atoms with van der Waals surface area (Å²) in [7, 11) is 1.81. The average Bonchev–Trinajstić information content (AvgIpc) is 3.70. The van der Waals surface area contributed by atoms with Gasteiger partial charge in [-0.1, -0.05) is 11.3 Å². The molecule has 4 aliphatic heterocycles. The van der Waals surface area contributed by atoms with Gasteiger partial charge in [-0.3, -0.25) is 4.90 Å². The Labute approximate surface area is 245 Å². The summed E-state index contributed by atoms with van der Waals surface area (Å²) in [6.07, 6.45) is 3.74. The van der Waals surface area contributed by atoms with Crippen molar-refractivity contribution in [1.82, 2.24) is 30.2 Å². The number of piperazine rings is 1. The summed E-state index contributed by atoms with van der Waals surface area (Å²) in [4.78, 5) is 24.0. The number of thiazole rings is 1. The fourth-order valence-corrected chi connectivity index (χ4v) is 8.41. The number of hydrogen-bond donors (Lipinski definition) is 3. The molecule has 0 aliphatic carbocycles. The average molecular weight is 594 g/mol. The molecule has 7 heterocycles. The second-order valence-corrected chi connectivity index (χ2v) is 13.0. The predicted molar refractivity (Wildman–Crippen MR) is 161 cm³/mol. The maximum Gasteiger partial charge on any atom is 0.319 e. The van der Waals surface area contributed by atoms with Crippen molar-refractivity contribution in [3.8, 4) is 17.1 Å². The van der Waals surface area contributed by atoms with Crippen LogP contribution in [0.2, 0.25) is 0 Å². The maximum atomic E-state index is 14.7. The minimum absolute atomic E-state index is 0.270. The van der Waals surface area contributed by atoms with Crippen LogP contribution in [-0.2, 0) is 0 Å².